The van der Waals surface area contributed by atoms with E-state index in [9.17, 15) is 19.2 Å². The molecule has 192 valence electrons. The molecule has 1 fully saturated rings. The molecule has 1 N–H and O–H groups in total. The third kappa shape index (κ3) is 8.11. The SMILES string of the molecule is CC(C)(C)OC(=O)NC[C@@H](CC(=O)OCc1ccccc1)C(=O)N1C(=O)OC[C@H]1Cc1ccccc1. The Hall–Kier alpha value is -3.88. The third-order valence-corrected chi connectivity index (χ3v) is 5.41. The maximum Gasteiger partial charge on any atom is 0.416 e. The number of carbonyl (C=O) groups excluding carboxylic acids is 4. The van der Waals surface area contributed by atoms with Crippen molar-refractivity contribution >= 4 is 24.1 Å². The van der Waals surface area contributed by atoms with Gasteiger partial charge in [-0.15, -0.1) is 0 Å². The minimum Gasteiger partial charge on any atom is -0.461 e. The summed E-state index contributed by atoms with van der Waals surface area (Å²) in [4.78, 5) is 51.9. The fourth-order valence-electron chi connectivity index (χ4n) is 3.73. The van der Waals surface area contributed by atoms with E-state index >= 15 is 0 Å². The zero-order valence-electron chi connectivity index (χ0n) is 20.8. The van der Waals surface area contributed by atoms with Gasteiger partial charge >= 0.3 is 18.2 Å². The van der Waals surface area contributed by atoms with Crippen LogP contribution in [0.4, 0.5) is 9.59 Å². The van der Waals surface area contributed by atoms with Gasteiger partial charge < -0.3 is 19.5 Å². The van der Waals surface area contributed by atoms with E-state index in [2.05, 4.69) is 5.32 Å². The Morgan fingerprint density at radius 2 is 1.64 bits per heavy atom. The van der Waals surface area contributed by atoms with E-state index in [1.54, 1.807) is 20.8 Å². The number of carbonyl (C=O) groups is 4. The number of nitrogens with zero attached hydrogens (tertiary/aromatic N) is 1. The summed E-state index contributed by atoms with van der Waals surface area (Å²) in [6.45, 7) is 5.02. The Labute approximate surface area is 210 Å². The number of cyclic esters (lactones) is 1. The number of nitrogens with one attached hydrogen (secondary N) is 1. The quantitative estimate of drug-likeness (QED) is 0.415. The number of benzene rings is 2. The van der Waals surface area contributed by atoms with Gasteiger partial charge in [0, 0.05) is 6.54 Å². The summed E-state index contributed by atoms with van der Waals surface area (Å²) < 4.78 is 15.7. The molecule has 36 heavy (non-hydrogen) atoms. The average Bonchev–Trinajstić information content (AvgIpc) is 3.19. The van der Waals surface area contributed by atoms with Crippen LogP contribution in [-0.4, -0.2) is 53.8 Å². The number of hydrogen-bond donors (Lipinski definition) is 1. The Bertz CT molecular complexity index is 1050. The largest absolute Gasteiger partial charge is 0.461 e. The predicted molar refractivity (Wildman–Crippen MR) is 131 cm³/mol. The molecule has 1 heterocycles. The molecule has 0 unspecified atom stereocenters. The average molecular weight is 497 g/mol. The van der Waals surface area contributed by atoms with Gasteiger partial charge in [0.25, 0.3) is 0 Å². The first-order valence-corrected chi connectivity index (χ1v) is 11.8. The van der Waals surface area contributed by atoms with Crippen molar-refractivity contribution in [3.05, 3.63) is 71.8 Å². The lowest BCUT2D eigenvalue weighted by molar-refractivity contribution is -0.149. The van der Waals surface area contributed by atoms with Gasteiger partial charge in [-0.25, -0.2) is 14.5 Å². The zero-order valence-corrected chi connectivity index (χ0v) is 20.8. The summed E-state index contributed by atoms with van der Waals surface area (Å²) in [5.41, 5.74) is 0.994. The van der Waals surface area contributed by atoms with Crippen molar-refractivity contribution in [1.29, 1.82) is 0 Å². The lowest BCUT2D eigenvalue weighted by Gasteiger charge is -2.25. The Morgan fingerprint density at radius 1 is 1.03 bits per heavy atom. The molecule has 1 aliphatic heterocycles. The van der Waals surface area contributed by atoms with Gasteiger partial charge in [0.05, 0.1) is 18.4 Å². The molecular formula is C27H32N2O7. The van der Waals surface area contributed by atoms with Crippen LogP contribution in [0.25, 0.3) is 0 Å². The highest BCUT2D eigenvalue weighted by Gasteiger charge is 2.41. The normalized spacial score (nSPS) is 16.1. The number of hydrogen-bond acceptors (Lipinski definition) is 7. The Kier molecular flexibility index (Phi) is 9.05. The summed E-state index contributed by atoms with van der Waals surface area (Å²) in [6, 6.07) is 18.0. The van der Waals surface area contributed by atoms with E-state index in [4.69, 9.17) is 14.2 Å². The van der Waals surface area contributed by atoms with Crippen LogP contribution in [0.3, 0.4) is 0 Å². The van der Waals surface area contributed by atoms with E-state index in [0.29, 0.717) is 6.42 Å². The summed E-state index contributed by atoms with van der Waals surface area (Å²) >= 11 is 0. The second-order valence-electron chi connectivity index (χ2n) is 9.56. The molecule has 0 saturated carbocycles. The van der Waals surface area contributed by atoms with Crippen molar-refractivity contribution < 1.29 is 33.4 Å². The molecule has 0 radical (unpaired) electrons. The molecular weight excluding hydrogens is 464 g/mol. The third-order valence-electron chi connectivity index (χ3n) is 5.41. The molecule has 2 aromatic rings. The van der Waals surface area contributed by atoms with Gasteiger partial charge in [-0.2, -0.15) is 0 Å². The molecule has 0 aromatic heterocycles. The van der Waals surface area contributed by atoms with Crippen molar-refractivity contribution in [2.45, 2.75) is 51.9 Å². The van der Waals surface area contributed by atoms with Crippen LogP contribution in [0, 0.1) is 5.92 Å². The van der Waals surface area contributed by atoms with E-state index in [1.807, 2.05) is 60.7 Å². The summed E-state index contributed by atoms with van der Waals surface area (Å²) in [5, 5.41) is 2.53. The van der Waals surface area contributed by atoms with Crippen LogP contribution in [0.5, 0.6) is 0 Å². The molecule has 3 amide bonds. The second kappa shape index (κ2) is 12.2. The lowest BCUT2D eigenvalue weighted by atomic mass is 10.0. The van der Waals surface area contributed by atoms with Crippen LogP contribution >= 0.6 is 0 Å². The number of imide groups is 1. The predicted octanol–water partition coefficient (Wildman–Crippen LogP) is 3.85. The van der Waals surface area contributed by atoms with Crippen LogP contribution in [0.15, 0.2) is 60.7 Å². The van der Waals surface area contributed by atoms with Crippen molar-refractivity contribution in [3.63, 3.8) is 0 Å². The molecule has 1 saturated heterocycles. The van der Waals surface area contributed by atoms with Gasteiger partial charge in [0.15, 0.2) is 0 Å². The van der Waals surface area contributed by atoms with Crippen LogP contribution in [-0.2, 0) is 36.8 Å². The van der Waals surface area contributed by atoms with Crippen molar-refractivity contribution in [1.82, 2.24) is 10.2 Å². The molecule has 2 atom stereocenters. The maximum absolute atomic E-state index is 13.5. The first kappa shape index (κ1) is 26.7. The van der Waals surface area contributed by atoms with Gasteiger partial charge in [-0.1, -0.05) is 60.7 Å². The number of ether oxygens (including phenoxy) is 3. The molecule has 0 bridgehead atoms. The summed E-state index contributed by atoms with van der Waals surface area (Å²) in [7, 11) is 0. The topological polar surface area (TPSA) is 111 Å². The van der Waals surface area contributed by atoms with E-state index in [1.165, 1.54) is 0 Å². The maximum atomic E-state index is 13.5. The fraction of sp³-hybridized carbons (Fsp3) is 0.407. The number of esters is 1. The molecule has 3 rings (SSSR count). The summed E-state index contributed by atoms with van der Waals surface area (Å²) in [5.74, 6) is -2.30. The minimum atomic E-state index is -1.05. The highest BCUT2D eigenvalue weighted by molar-refractivity contribution is 5.96. The minimum absolute atomic E-state index is 0.0441. The number of amides is 3. The number of rotatable bonds is 9. The molecule has 9 nitrogen and oxygen atoms in total. The van der Waals surface area contributed by atoms with Crippen molar-refractivity contribution in [3.8, 4) is 0 Å². The van der Waals surface area contributed by atoms with E-state index in [-0.39, 0.29) is 26.2 Å². The van der Waals surface area contributed by atoms with Gasteiger partial charge in [0.1, 0.15) is 18.8 Å². The van der Waals surface area contributed by atoms with Gasteiger partial charge in [-0.3, -0.25) is 9.59 Å². The standard InChI is InChI=1S/C27H32N2O7/c1-27(2,3)36-25(32)28-16-21(15-23(30)34-17-20-12-8-5-9-13-20)24(31)29-22(18-35-26(29)33)14-19-10-6-4-7-11-19/h4-13,21-22H,14-18H2,1-3H3,(H,28,32)/t21-,22-/m1/s1. The molecule has 9 heteroatoms. The highest BCUT2D eigenvalue weighted by atomic mass is 16.6. The fourth-order valence-corrected chi connectivity index (χ4v) is 3.73. The zero-order chi connectivity index (χ0) is 26.1. The number of alkyl carbamates (subject to hydrolysis) is 1. The lowest BCUT2D eigenvalue weighted by Crippen LogP contribution is -2.47. The van der Waals surface area contributed by atoms with Gasteiger partial charge in [-0.05, 0) is 38.3 Å². The molecule has 0 spiro atoms. The van der Waals surface area contributed by atoms with Crippen molar-refractivity contribution in [2.24, 2.45) is 5.92 Å². The monoisotopic (exact) mass is 496 g/mol. The Balaban J connectivity index is 1.71. The Morgan fingerprint density at radius 3 is 2.25 bits per heavy atom. The van der Waals surface area contributed by atoms with Crippen LogP contribution in [0.2, 0.25) is 0 Å². The molecule has 2 aromatic carbocycles. The first-order chi connectivity index (χ1) is 17.1. The first-order valence-electron chi connectivity index (χ1n) is 11.8. The van der Waals surface area contributed by atoms with Crippen LogP contribution < -0.4 is 5.32 Å². The molecule has 0 aliphatic carbocycles. The second-order valence-corrected chi connectivity index (χ2v) is 9.56. The van der Waals surface area contributed by atoms with Crippen LogP contribution in [0.1, 0.15) is 38.3 Å². The van der Waals surface area contributed by atoms with E-state index in [0.717, 1.165) is 16.0 Å². The smallest absolute Gasteiger partial charge is 0.416 e. The summed E-state index contributed by atoms with van der Waals surface area (Å²) in [6.07, 6.45) is -1.43. The van der Waals surface area contributed by atoms with Crippen molar-refractivity contribution in [2.75, 3.05) is 13.2 Å². The molecule has 1 aliphatic rings. The van der Waals surface area contributed by atoms with Gasteiger partial charge in [0.2, 0.25) is 5.91 Å². The highest BCUT2D eigenvalue weighted by Crippen LogP contribution is 2.22. The van der Waals surface area contributed by atoms with E-state index < -0.39 is 41.6 Å².